The molecule has 0 saturated carbocycles. The molecular weight excluding hydrogens is 294 g/mol. The molecule has 2 N–H and O–H groups in total. The minimum atomic E-state index is -0.971. The van der Waals surface area contributed by atoms with Crippen LogP contribution >= 0.6 is 11.6 Å². The second-order valence-corrected chi connectivity index (χ2v) is 4.65. The minimum absolute atomic E-state index is 0.221. The Kier molecular flexibility index (Phi) is 4.79. The smallest absolute Gasteiger partial charge is 0.335 e. The second kappa shape index (κ2) is 6.76. The third kappa shape index (κ3) is 3.97. The van der Waals surface area contributed by atoms with Crippen LogP contribution in [0.15, 0.2) is 47.6 Å². The summed E-state index contributed by atoms with van der Waals surface area (Å²) < 4.78 is 5.62. The standard InChI is InChI=1S/C15H12ClNO4/c16-13-5-6-14(12(7-13)8-17-20)21-9-10-1-3-11(4-2-10)15(18)19/h1-8,20H,9H2,(H,18,19)/b17-8-. The number of carbonyl (C=O) groups is 1. The van der Waals surface area contributed by atoms with Crippen molar-refractivity contribution in [3.63, 3.8) is 0 Å². The SMILES string of the molecule is O=C(O)c1ccc(COc2ccc(Cl)cc2/C=N\O)cc1. The van der Waals surface area contributed by atoms with E-state index in [4.69, 9.17) is 26.7 Å². The van der Waals surface area contributed by atoms with Crippen molar-refractivity contribution in [2.24, 2.45) is 5.16 Å². The zero-order valence-corrected chi connectivity index (χ0v) is 11.6. The molecule has 5 nitrogen and oxygen atoms in total. The van der Waals surface area contributed by atoms with Crippen LogP contribution in [0.2, 0.25) is 5.02 Å². The number of halogens is 1. The molecule has 0 spiro atoms. The number of carboxylic acids is 1. The van der Waals surface area contributed by atoms with Gasteiger partial charge in [-0.25, -0.2) is 4.79 Å². The maximum absolute atomic E-state index is 10.8. The average Bonchev–Trinajstić information content (AvgIpc) is 2.47. The highest BCUT2D eigenvalue weighted by molar-refractivity contribution is 6.30. The molecule has 0 atom stereocenters. The summed E-state index contributed by atoms with van der Waals surface area (Å²) >= 11 is 5.86. The molecule has 0 radical (unpaired) electrons. The predicted molar refractivity (Wildman–Crippen MR) is 78.6 cm³/mol. The maximum Gasteiger partial charge on any atom is 0.335 e. The summed E-state index contributed by atoms with van der Waals surface area (Å²) in [6.07, 6.45) is 1.23. The largest absolute Gasteiger partial charge is 0.488 e. The Hall–Kier alpha value is -2.53. The Morgan fingerprint density at radius 1 is 1.24 bits per heavy atom. The van der Waals surface area contributed by atoms with E-state index in [2.05, 4.69) is 5.16 Å². The van der Waals surface area contributed by atoms with Gasteiger partial charge in [-0.05, 0) is 35.9 Å². The number of carboxylic acid groups (broad SMARTS) is 1. The lowest BCUT2D eigenvalue weighted by Crippen LogP contribution is -2.00. The Morgan fingerprint density at radius 3 is 2.57 bits per heavy atom. The molecule has 0 amide bonds. The molecule has 0 aliphatic carbocycles. The molecule has 0 aliphatic heterocycles. The third-order valence-corrected chi connectivity index (χ3v) is 3.00. The Balaban J connectivity index is 2.10. The minimum Gasteiger partial charge on any atom is -0.488 e. The van der Waals surface area contributed by atoms with Gasteiger partial charge in [0.2, 0.25) is 0 Å². The molecule has 21 heavy (non-hydrogen) atoms. The number of nitrogens with zero attached hydrogens (tertiary/aromatic N) is 1. The van der Waals surface area contributed by atoms with Crippen LogP contribution in [0.4, 0.5) is 0 Å². The van der Waals surface area contributed by atoms with Crippen LogP contribution in [0, 0.1) is 0 Å². The number of benzene rings is 2. The van der Waals surface area contributed by atoms with Gasteiger partial charge in [0.05, 0.1) is 11.8 Å². The lowest BCUT2D eigenvalue weighted by molar-refractivity contribution is 0.0697. The van der Waals surface area contributed by atoms with Crippen LogP contribution in [0.25, 0.3) is 0 Å². The predicted octanol–water partition coefficient (Wildman–Crippen LogP) is 3.43. The number of aromatic carboxylic acids is 1. The zero-order chi connectivity index (χ0) is 15.2. The van der Waals surface area contributed by atoms with Crippen molar-refractivity contribution in [2.75, 3.05) is 0 Å². The van der Waals surface area contributed by atoms with E-state index in [-0.39, 0.29) is 12.2 Å². The van der Waals surface area contributed by atoms with Crippen molar-refractivity contribution in [1.29, 1.82) is 0 Å². The van der Waals surface area contributed by atoms with Gasteiger partial charge in [0.15, 0.2) is 0 Å². The molecule has 6 heteroatoms. The summed E-state index contributed by atoms with van der Waals surface area (Å²) in [5, 5.41) is 20.9. The van der Waals surface area contributed by atoms with Crippen LogP contribution in [0.3, 0.4) is 0 Å². The first kappa shape index (κ1) is 14.9. The van der Waals surface area contributed by atoms with Gasteiger partial charge < -0.3 is 15.1 Å². The fourth-order valence-corrected chi connectivity index (χ4v) is 1.90. The summed E-state index contributed by atoms with van der Waals surface area (Å²) in [5.74, 6) is -0.457. The first-order valence-electron chi connectivity index (χ1n) is 6.02. The maximum atomic E-state index is 10.8. The summed E-state index contributed by atoms with van der Waals surface area (Å²) in [7, 11) is 0. The monoisotopic (exact) mass is 305 g/mol. The summed E-state index contributed by atoms with van der Waals surface area (Å²) in [6, 6.07) is 11.3. The van der Waals surface area contributed by atoms with Gasteiger partial charge in [-0.15, -0.1) is 0 Å². The lowest BCUT2D eigenvalue weighted by atomic mass is 10.1. The molecule has 0 bridgehead atoms. The molecular formula is C15H12ClNO4. The van der Waals surface area contributed by atoms with E-state index < -0.39 is 5.97 Å². The Bertz CT molecular complexity index is 668. The van der Waals surface area contributed by atoms with Crippen molar-refractivity contribution in [1.82, 2.24) is 0 Å². The molecule has 2 rings (SSSR count). The van der Waals surface area contributed by atoms with Gasteiger partial charge in [-0.1, -0.05) is 28.9 Å². The van der Waals surface area contributed by atoms with Gasteiger partial charge >= 0.3 is 5.97 Å². The number of hydrogen-bond donors (Lipinski definition) is 2. The van der Waals surface area contributed by atoms with Gasteiger partial charge in [0.25, 0.3) is 0 Å². The van der Waals surface area contributed by atoms with E-state index in [1.54, 1.807) is 30.3 Å². The Morgan fingerprint density at radius 2 is 1.95 bits per heavy atom. The first-order valence-corrected chi connectivity index (χ1v) is 6.40. The second-order valence-electron chi connectivity index (χ2n) is 4.22. The van der Waals surface area contributed by atoms with Crippen molar-refractivity contribution in [3.05, 3.63) is 64.2 Å². The molecule has 0 unspecified atom stereocenters. The van der Waals surface area contributed by atoms with Gasteiger partial charge in [-0.3, -0.25) is 0 Å². The van der Waals surface area contributed by atoms with Crippen molar-refractivity contribution in [3.8, 4) is 5.75 Å². The van der Waals surface area contributed by atoms with E-state index in [1.165, 1.54) is 18.3 Å². The average molecular weight is 306 g/mol. The molecule has 0 heterocycles. The number of rotatable bonds is 5. The summed E-state index contributed by atoms with van der Waals surface area (Å²) in [6.45, 7) is 0.258. The van der Waals surface area contributed by atoms with Gasteiger partial charge in [0, 0.05) is 10.6 Å². The highest BCUT2D eigenvalue weighted by Crippen LogP contribution is 2.22. The third-order valence-electron chi connectivity index (χ3n) is 2.76. The van der Waals surface area contributed by atoms with E-state index in [1.807, 2.05) is 0 Å². The zero-order valence-electron chi connectivity index (χ0n) is 10.9. The van der Waals surface area contributed by atoms with Gasteiger partial charge in [0.1, 0.15) is 12.4 Å². The number of oxime groups is 1. The summed E-state index contributed by atoms with van der Waals surface area (Å²) in [4.78, 5) is 10.8. The van der Waals surface area contributed by atoms with Crippen molar-refractivity contribution >= 4 is 23.8 Å². The normalized spacial score (nSPS) is 10.7. The van der Waals surface area contributed by atoms with Crippen molar-refractivity contribution in [2.45, 2.75) is 6.61 Å². The molecule has 0 fully saturated rings. The van der Waals surface area contributed by atoms with Crippen LogP contribution in [0.5, 0.6) is 5.75 Å². The van der Waals surface area contributed by atoms with E-state index in [0.717, 1.165) is 5.56 Å². The first-order chi connectivity index (χ1) is 10.1. The number of hydrogen-bond acceptors (Lipinski definition) is 4. The fraction of sp³-hybridized carbons (Fsp3) is 0.0667. The van der Waals surface area contributed by atoms with Crippen LogP contribution in [-0.4, -0.2) is 22.5 Å². The number of ether oxygens (including phenoxy) is 1. The van der Waals surface area contributed by atoms with Crippen molar-refractivity contribution < 1.29 is 19.8 Å². The molecule has 0 aliphatic rings. The lowest BCUT2D eigenvalue weighted by Gasteiger charge is -2.09. The van der Waals surface area contributed by atoms with Gasteiger partial charge in [-0.2, -0.15) is 0 Å². The van der Waals surface area contributed by atoms with Crippen LogP contribution < -0.4 is 4.74 Å². The van der Waals surface area contributed by atoms with E-state index in [9.17, 15) is 4.79 Å². The fourth-order valence-electron chi connectivity index (χ4n) is 1.72. The Labute approximate surface area is 126 Å². The highest BCUT2D eigenvalue weighted by atomic mass is 35.5. The molecule has 0 aromatic heterocycles. The van der Waals surface area contributed by atoms with E-state index in [0.29, 0.717) is 16.3 Å². The topological polar surface area (TPSA) is 79.1 Å². The summed E-state index contributed by atoms with van der Waals surface area (Å²) in [5.41, 5.74) is 1.59. The molecule has 2 aromatic rings. The van der Waals surface area contributed by atoms with Crippen LogP contribution in [-0.2, 0) is 6.61 Å². The molecule has 0 saturated heterocycles. The quantitative estimate of drug-likeness (QED) is 0.504. The van der Waals surface area contributed by atoms with E-state index >= 15 is 0 Å². The van der Waals surface area contributed by atoms with Crippen LogP contribution in [0.1, 0.15) is 21.5 Å². The highest BCUT2D eigenvalue weighted by Gasteiger charge is 2.05. The molecule has 108 valence electrons. The molecule has 2 aromatic carbocycles.